The number of benzene rings is 1. The lowest BCUT2D eigenvalue weighted by atomic mass is 10.1. The third-order valence-electron chi connectivity index (χ3n) is 2.57. The average molecular weight is 223 g/mol. The summed E-state index contributed by atoms with van der Waals surface area (Å²) in [6.45, 7) is 1.30. The molecule has 0 bridgehead atoms. The van der Waals surface area contributed by atoms with Crippen molar-refractivity contribution in [2.75, 3.05) is 13.2 Å². The lowest BCUT2D eigenvalue weighted by molar-refractivity contribution is -0.121. The van der Waals surface area contributed by atoms with Gasteiger partial charge in [-0.05, 0) is 24.1 Å². The second-order valence-corrected chi connectivity index (χ2v) is 3.93. The molecule has 0 aliphatic carbocycles. The Hall–Kier alpha value is -1.42. The van der Waals surface area contributed by atoms with Gasteiger partial charge in [-0.25, -0.2) is 4.39 Å². The van der Waals surface area contributed by atoms with E-state index >= 15 is 0 Å². The summed E-state index contributed by atoms with van der Waals surface area (Å²) in [4.78, 5) is 11.6. The maximum absolute atomic E-state index is 12.6. The van der Waals surface area contributed by atoms with Crippen LogP contribution in [0.3, 0.4) is 0 Å². The zero-order valence-corrected chi connectivity index (χ0v) is 8.91. The van der Waals surface area contributed by atoms with Gasteiger partial charge >= 0.3 is 0 Å². The van der Waals surface area contributed by atoms with Crippen LogP contribution in [0.2, 0.25) is 0 Å². The Kier molecular flexibility index (Phi) is 3.51. The largest absolute Gasteiger partial charge is 0.379 e. The minimum atomic E-state index is -0.284. The molecule has 1 heterocycles. The average Bonchev–Trinajstić information content (AvgIpc) is 2.74. The Bertz CT molecular complexity index is 358. The van der Waals surface area contributed by atoms with Crippen molar-refractivity contribution in [3.05, 3.63) is 35.6 Å². The molecule has 3 nitrogen and oxygen atoms in total. The molecule has 1 aliphatic heterocycles. The fourth-order valence-corrected chi connectivity index (χ4v) is 1.71. The summed E-state index contributed by atoms with van der Waals surface area (Å²) in [5.41, 5.74) is 0.817. The van der Waals surface area contributed by atoms with Gasteiger partial charge in [-0.2, -0.15) is 0 Å². The summed E-state index contributed by atoms with van der Waals surface area (Å²) >= 11 is 0. The van der Waals surface area contributed by atoms with E-state index in [-0.39, 0.29) is 24.2 Å². The highest BCUT2D eigenvalue weighted by molar-refractivity contribution is 5.78. The zero-order chi connectivity index (χ0) is 11.4. The molecule has 1 amide bonds. The molecular formula is C12H14FNO2. The van der Waals surface area contributed by atoms with Crippen LogP contribution in [0.25, 0.3) is 0 Å². The molecule has 0 aromatic heterocycles. The van der Waals surface area contributed by atoms with Crippen LogP contribution in [-0.4, -0.2) is 25.2 Å². The first-order chi connectivity index (χ1) is 7.74. The molecule has 1 atom stereocenters. The van der Waals surface area contributed by atoms with Crippen molar-refractivity contribution in [1.82, 2.24) is 5.32 Å². The van der Waals surface area contributed by atoms with E-state index < -0.39 is 0 Å². The predicted molar refractivity (Wildman–Crippen MR) is 57.5 cm³/mol. The zero-order valence-electron chi connectivity index (χ0n) is 8.91. The summed E-state index contributed by atoms with van der Waals surface area (Å²) in [5, 5.41) is 2.88. The minimum Gasteiger partial charge on any atom is -0.379 e. The van der Waals surface area contributed by atoms with Gasteiger partial charge in [0, 0.05) is 6.61 Å². The molecule has 0 saturated carbocycles. The van der Waals surface area contributed by atoms with Crippen LogP contribution in [-0.2, 0) is 16.0 Å². The Morgan fingerprint density at radius 3 is 2.81 bits per heavy atom. The standard InChI is InChI=1S/C12H14FNO2/c13-10-3-1-9(2-4-10)7-12(15)14-11-5-6-16-8-11/h1-4,11H,5-8H2,(H,14,15). The van der Waals surface area contributed by atoms with Crippen molar-refractivity contribution in [3.8, 4) is 0 Å². The molecule has 0 spiro atoms. The Balaban J connectivity index is 1.84. The molecule has 1 unspecified atom stereocenters. The van der Waals surface area contributed by atoms with E-state index in [1.54, 1.807) is 12.1 Å². The number of hydrogen-bond donors (Lipinski definition) is 1. The fourth-order valence-electron chi connectivity index (χ4n) is 1.71. The van der Waals surface area contributed by atoms with Crippen LogP contribution < -0.4 is 5.32 Å². The van der Waals surface area contributed by atoms with E-state index in [2.05, 4.69) is 5.32 Å². The summed E-state index contributed by atoms with van der Waals surface area (Å²) in [6, 6.07) is 6.11. The molecule has 1 aromatic carbocycles. The van der Waals surface area contributed by atoms with E-state index in [0.717, 1.165) is 12.0 Å². The first-order valence-electron chi connectivity index (χ1n) is 5.35. The highest BCUT2D eigenvalue weighted by Gasteiger charge is 2.17. The minimum absolute atomic E-state index is 0.0397. The van der Waals surface area contributed by atoms with Crippen LogP contribution in [0, 0.1) is 5.82 Å². The van der Waals surface area contributed by atoms with Gasteiger partial charge in [0.25, 0.3) is 0 Å². The molecule has 1 fully saturated rings. The van der Waals surface area contributed by atoms with Gasteiger partial charge in [0.1, 0.15) is 5.82 Å². The van der Waals surface area contributed by atoms with Gasteiger partial charge in [0.05, 0.1) is 19.1 Å². The summed E-state index contributed by atoms with van der Waals surface area (Å²) in [6.07, 6.45) is 1.16. The maximum Gasteiger partial charge on any atom is 0.224 e. The Labute approximate surface area is 93.6 Å². The van der Waals surface area contributed by atoms with Gasteiger partial charge in [0.15, 0.2) is 0 Å². The van der Waals surface area contributed by atoms with Crippen LogP contribution >= 0.6 is 0 Å². The molecule has 1 aromatic rings. The molecular weight excluding hydrogens is 209 g/mol. The van der Waals surface area contributed by atoms with Gasteiger partial charge in [0.2, 0.25) is 5.91 Å². The molecule has 2 rings (SSSR count). The van der Waals surface area contributed by atoms with Gasteiger partial charge in [-0.3, -0.25) is 4.79 Å². The molecule has 1 aliphatic rings. The Morgan fingerprint density at radius 2 is 2.19 bits per heavy atom. The van der Waals surface area contributed by atoms with E-state index in [0.29, 0.717) is 13.2 Å². The van der Waals surface area contributed by atoms with Gasteiger partial charge < -0.3 is 10.1 Å². The quantitative estimate of drug-likeness (QED) is 0.838. The van der Waals surface area contributed by atoms with Crippen molar-refractivity contribution in [3.63, 3.8) is 0 Å². The van der Waals surface area contributed by atoms with Gasteiger partial charge in [-0.15, -0.1) is 0 Å². The highest BCUT2D eigenvalue weighted by atomic mass is 19.1. The number of ether oxygens (including phenoxy) is 1. The monoisotopic (exact) mass is 223 g/mol. The third-order valence-corrected chi connectivity index (χ3v) is 2.57. The first kappa shape index (κ1) is 11.1. The van der Waals surface area contributed by atoms with E-state index in [1.165, 1.54) is 12.1 Å². The van der Waals surface area contributed by atoms with Crippen LogP contribution in [0.5, 0.6) is 0 Å². The number of rotatable bonds is 3. The summed E-state index contributed by atoms with van der Waals surface area (Å²) < 4.78 is 17.8. The number of carbonyl (C=O) groups excluding carboxylic acids is 1. The first-order valence-corrected chi connectivity index (χ1v) is 5.35. The van der Waals surface area contributed by atoms with Crippen molar-refractivity contribution in [2.45, 2.75) is 18.9 Å². The lowest BCUT2D eigenvalue weighted by Crippen LogP contribution is -2.36. The van der Waals surface area contributed by atoms with E-state index in [1.807, 2.05) is 0 Å². The van der Waals surface area contributed by atoms with Crippen LogP contribution in [0.1, 0.15) is 12.0 Å². The molecule has 4 heteroatoms. The van der Waals surface area contributed by atoms with Crippen LogP contribution in [0.4, 0.5) is 4.39 Å². The maximum atomic E-state index is 12.6. The van der Waals surface area contributed by atoms with Crippen molar-refractivity contribution >= 4 is 5.91 Å². The van der Waals surface area contributed by atoms with Crippen LogP contribution in [0.15, 0.2) is 24.3 Å². The predicted octanol–water partition coefficient (Wildman–Crippen LogP) is 1.27. The second kappa shape index (κ2) is 5.07. The topological polar surface area (TPSA) is 38.3 Å². The molecule has 1 saturated heterocycles. The number of amides is 1. The molecule has 1 N–H and O–H groups in total. The van der Waals surface area contributed by atoms with Crippen molar-refractivity contribution in [1.29, 1.82) is 0 Å². The summed E-state index contributed by atoms with van der Waals surface area (Å²) in [7, 11) is 0. The molecule has 86 valence electrons. The number of nitrogens with one attached hydrogen (secondary N) is 1. The van der Waals surface area contributed by atoms with E-state index in [4.69, 9.17) is 4.74 Å². The summed E-state index contributed by atoms with van der Waals surface area (Å²) in [5.74, 6) is -0.324. The molecule has 16 heavy (non-hydrogen) atoms. The lowest BCUT2D eigenvalue weighted by Gasteiger charge is -2.10. The van der Waals surface area contributed by atoms with Crippen molar-refractivity contribution < 1.29 is 13.9 Å². The number of hydrogen-bond acceptors (Lipinski definition) is 2. The van der Waals surface area contributed by atoms with Crippen molar-refractivity contribution in [2.24, 2.45) is 0 Å². The number of carbonyl (C=O) groups is 1. The number of halogens is 1. The second-order valence-electron chi connectivity index (χ2n) is 3.93. The Morgan fingerprint density at radius 1 is 1.44 bits per heavy atom. The van der Waals surface area contributed by atoms with Gasteiger partial charge in [-0.1, -0.05) is 12.1 Å². The van der Waals surface area contributed by atoms with E-state index in [9.17, 15) is 9.18 Å². The third kappa shape index (κ3) is 3.03. The normalized spacial score (nSPS) is 19.7. The fraction of sp³-hybridized carbons (Fsp3) is 0.417. The highest BCUT2D eigenvalue weighted by Crippen LogP contribution is 2.06. The SMILES string of the molecule is O=C(Cc1ccc(F)cc1)NC1CCOC1. The molecule has 0 radical (unpaired) electrons. The smallest absolute Gasteiger partial charge is 0.224 e.